The smallest absolute Gasteiger partial charge is 0.261 e. The number of aryl methyl sites for hydroxylation is 3. The summed E-state index contributed by atoms with van der Waals surface area (Å²) in [7, 11) is 3.56. The molecule has 3 N–H and O–H groups in total. The highest BCUT2D eigenvalue weighted by Crippen LogP contribution is 2.32. The lowest BCUT2D eigenvalue weighted by atomic mass is 9.96. The molecule has 0 spiro atoms. The van der Waals surface area contributed by atoms with Crippen molar-refractivity contribution in [2.24, 2.45) is 7.05 Å². The first kappa shape index (κ1) is 59.6. The number of nitrogens with two attached hydrogens (primary N) is 1. The number of fused-ring (bicyclic) bond motifs is 1. The van der Waals surface area contributed by atoms with Crippen LogP contribution in [0.25, 0.3) is 28.6 Å². The van der Waals surface area contributed by atoms with Gasteiger partial charge >= 0.3 is 0 Å². The Labute approximate surface area is 420 Å². The molecule has 1 atom stereocenters. The van der Waals surface area contributed by atoms with Crippen LogP contribution in [0, 0.1) is 6.92 Å². The topological polar surface area (TPSA) is 146 Å². The summed E-state index contributed by atoms with van der Waals surface area (Å²) < 4.78 is 14.0. The molecule has 70 heavy (non-hydrogen) atoms. The number of ether oxygens (including phenoxy) is 2. The van der Waals surface area contributed by atoms with Gasteiger partial charge in [0, 0.05) is 54.4 Å². The van der Waals surface area contributed by atoms with Gasteiger partial charge in [-0.3, -0.25) is 19.3 Å². The van der Waals surface area contributed by atoms with Crippen molar-refractivity contribution in [1.82, 2.24) is 19.8 Å². The summed E-state index contributed by atoms with van der Waals surface area (Å²) in [5, 5.41) is 3.72. The Morgan fingerprint density at radius 2 is 1.70 bits per heavy atom. The van der Waals surface area contributed by atoms with Crippen molar-refractivity contribution in [3.05, 3.63) is 131 Å². The van der Waals surface area contributed by atoms with Crippen molar-refractivity contribution in [3.63, 3.8) is 0 Å². The number of pyridine rings is 1. The van der Waals surface area contributed by atoms with Gasteiger partial charge in [-0.15, -0.1) is 0 Å². The normalized spacial score (nSPS) is 12.7. The van der Waals surface area contributed by atoms with Gasteiger partial charge in [0.15, 0.2) is 0 Å². The molecule has 4 aromatic rings. The van der Waals surface area contributed by atoms with Crippen LogP contribution < -0.4 is 15.8 Å². The summed E-state index contributed by atoms with van der Waals surface area (Å²) in [5.41, 5.74) is 13.8. The number of carbonyl (C=O) groups excluding carboxylic acids is 4. The van der Waals surface area contributed by atoms with Gasteiger partial charge < -0.3 is 29.9 Å². The minimum atomic E-state index is -1.07. The first-order chi connectivity index (χ1) is 33.9. The highest BCUT2D eigenvalue weighted by molar-refractivity contribution is 6.04. The molecule has 1 fully saturated rings. The molecule has 3 amide bonds. The van der Waals surface area contributed by atoms with E-state index in [1.807, 2.05) is 32.1 Å². The minimum absolute atomic E-state index is 0.0503. The summed E-state index contributed by atoms with van der Waals surface area (Å²) in [6, 6.07) is 14.6. The van der Waals surface area contributed by atoms with Crippen molar-refractivity contribution in [2.45, 2.75) is 151 Å². The van der Waals surface area contributed by atoms with Crippen molar-refractivity contribution in [2.75, 3.05) is 19.4 Å². The lowest BCUT2D eigenvalue weighted by Crippen LogP contribution is -2.48. The van der Waals surface area contributed by atoms with E-state index in [1.54, 1.807) is 31.3 Å². The lowest BCUT2D eigenvalue weighted by Gasteiger charge is -2.26. The van der Waals surface area contributed by atoms with Crippen LogP contribution in [-0.2, 0) is 32.6 Å². The second kappa shape index (κ2) is 33.9. The molecule has 11 heteroatoms. The molecule has 0 bridgehead atoms. The van der Waals surface area contributed by atoms with Crippen LogP contribution in [0.5, 0.6) is 5.75 Å². The molecule has 1 aliphatic rings. The third-order valence-corrected chi connectivity index (χ3v) is 11.8. The molecule has 5 rings (SSSR count). The largest absolute Gasteiger partial charge is 0.494 e. The number of aldehydes is 1. The summed E-state index contributed by atoms with van der Waals surface area (Å²) >= 11 is 0. The molecular formula is C59H83N5O6. The Bertz CT molecular complexity index is 2350. The predicted octanol–water partition coefficient (Wildman–Crippen LogP) is 13.4. The molecule has 380 valence electrons. The van der Waals surface area contributed by atoms with Crippen molar-refractivity contribution in [3.8, 4) is 5.75 Å². The molecule has 0 aliphatic heterocycles. The van der Waals surface area contributed by atoms with E-state index in [-0.39, 0.29) is 18.4 Å². The summed E-state index contributed by atoms with van der Waals surface area (Å²) in [5.74, 6) is 0.665. The van der Waals surface area contributed by atoms with E-state index in [4.69, 9.17) is 15.2 Å². The average Bonchev–Trinajstić information content (AvgIpc) is 3.63. The number of anilines is 1. The number of carbonyl (C=O) groups is 4. The second-order valence-corrected chi connectivity index (χ2v) is 16.9. The third kappa shape index (κ3) is 19.1. The second-order valence-electron chi connectivity index (χ2n) is 16.9. The Balaban J connectivity index is 0.000000437. The molecule has 1 saturated carbocycles. The fourth-order valence-electron chi connectivity index (χ4n) is 7.39. The quantitative estimate of drug-likeness (QED) is 0.0305. The number of amides is 3. The van der Waals surface area contributed by atoms with E-state index < -0.39 is 17.9 Å². The average molecular weight is 958 g/mol. The van der Waals surface area contributed by atoms with Crippen LogP contribution >= 0.6 is 0 Å². The maximum absolute atomic E-state index is 13.1. The van der Waals surface area contributed by atoms with Gasteiger partial charge in [-0.25, -0.2) is 4.98 Å². The van der Waals surface area contributed by atoms with Gasteiger partial charge in [0.25, 0.3) is 5.91 Å². The first-order valence-corrected chi connectivity index (χ1v) is 25.4. The molecule has 2 aromatic heterocycles. The Kier molecular flexibility index (Phi) is 28.9. The number of nitrogens with zero attached hydrogens (tertiary/aromatic N) is 3. The van der Waals surface area contributed by atoms with Gasteiger partial charge in [-0.05, 0) is 131 Å². The lowest BCUT2D eigenvalue weighted by molar-refractivity contribution is -0.131. The number of hydrogen-bond acceptors (Lipinski definition) is 8. The van der Waals surface area contributed by atoms with E-state index in [9.17, 15) is 19.2 Å². The fraction of sp³-hybridized carbons (Fsp3) is 0.441. The zero-order valence-electron chi connectivity index (χ0n) is 44.0. The van der Waals surface area contributed by atoms with Gasteiger partial charge in [0.05, 0.1) is 12.7 Å². The number of nitrogens with one attached hydrogen (secondary N) is 1. The number of aromatic nitrogens is 2. The Morgan fingerprint density at radius 3 is 2.29 bits per heavy atom. The number of nitrogen functional groups attached to an aromatic ring is 1. The van der Waals surface area contributed by atoms with Gasteiger partial charge in [0.1, 0.15) is 29.7 Å². The van der Waals surface area contributed by atoms with Crippen LogP contribution in [0.1, 0.15) is 164 Å². The summed E-state index contributed by atoms with van der Waals surface area (Å²) in [6.07, 6.45) is 30.4. The summed E-state index contributed by atoms with van der Waals surface area (Å²) in [4.78, 5) is 52.8. The van der Waals surface area contributed by atoms with Gasteiger partial charge in [-0.2, -0.15) is 0 Å². The SMILES string of the molecule is C=C(/C=C\C(=C/C)c1ccc2c(/C=C/CC)c(/C=C\C)n(C)c2c1)OC1CCC1.CC.CCCC.CNC(=O)C(CCC=O)N(C=O)C(=O)c1cc(OCCCCCCc2ccc(N)nc2)ccc1C. The van der Waals surface area contributed by atoms with E-state index >= 15 is 0 Å². The van der Waals surface area contributed by atoms with Crippen LogP contribution in [-0.4, -0.2) is 64.8 Å². The van der Waals surface area contributed by atoms with Crippen molar-refractivity contribution in [1.29, 1.82) is 0 Å². The Hall–Kier alpha value is -6.49. The van der Waals surface area contributed by atoms with Crippen LogP contribution in [0.3, 0.4) is 0 Å². The number of imide groups is 1. The molecule has 11 nitrogen and oxygen atoms in total. The number of allylic oxidation sites excluding steroid dienone is 6. The molecule has 2 aromatic carbocycles. The number of benzene rings is 2. The maximum atomic E-state index is 13.1. The van der Waals surface area contributed by atoms with Gasteiger partial charge in [0.2, 0.25) is 12.3 Å². The van der Waals surface area contributed by atoms with Crippen LogP contribution in [0.4, 0.5) is 5.82 Å². The maximum Gasteiger partial charge on any atom is 0.261 e. The monoisotopic (exact) mass is 958 g/mol. The van der Waals surface area contributed by atoms with Crippen molar-refractivity contribution < 1.29 is 28.7 Å². The molecular weight excluding hydrogens is 875 g/mol. The number of rotatable bonds is 24. The third-order valence-electron chi connectivity index (χ3n) is 11.8. The van der Waals surface area contributed by atoms with Gasteiger partial charge in [-0.1, -0.05) is 122 Å². The van der Waals surface area contributed by atoms with Crippen LogP contribution in [0.15, 0.2) is 97.4 Å². The zero-order valence-corrected chi connectivity index (χ0v) is 44.0. The van der Waals surface area contributed by atoms with Crippen LogP contribution in [0.2, 0.25) is 0 Å². The van der Waals surface area contributed by atoms with E-state index in [0.717, 1.165) is 62.0 Å². The standard InChI is InChI=1S/C27H33NO.C26H34N4O5.C4H10.C2H6/c1-6-9-14-24-25-18-17-22(19-27(25)28(5)26(24)11-7-2)21(8-3)16-15-20(4)29-23-12-10-13-23;1-19-10-12-21(35-15-6-4-3-5-8-20-11-13-24(27)29-17-20)16-22(19)26(34)30(18-32)23(9-7-14-31)25(33)28-2;1-3-4-2;1-2/h7-9,11,14-19,23H,4,6,10,12-13H2,1-3,5H3;10-14,16-18,23H,3-9,15H2,1-2H3,(H2,27,29)(H,28,33);3-4H2,1-2H3;1-2H3/b11-7-,14-9+,16-15-,21-8+;;;. The number of unbranched alkanes of at least 4 members (excludes halogenated alkanes) is 4. The minimum Gasteiger partial charge on any atom is -0.494 e. The number of hydrogen-bond donors (Lipinski definition) is 2. The van der Waals surface area contributed by atoms with E-state index in [2.05, 4.69) is 118 Å². The first-order valence-electron chi connectivity index (χ1n) is 25.4. The fourth-order valence-corrected chi connectivity index (χ4v) is 7.39. The highest BCUT2D eigenvalue weighted by Gasteiger charge is 2.30. The Morgan fingerprint density at radius 1 is 0.971 bits per heavy atom. The molecule has 2 heterocycles. The molecule has 1 unspecified atom stereocenters. The number of likely N-dealkylation sites (N-methyl/N-ethyl adjacent to an activating group) is 1. The molecule has 1 aliphatic carbocycles. The summed E-state index contributed by atoms with van der Waals surface area (Å²) in [6.45, 7) is 21.0. The molecule has 0 saturated heterocycles. The van der Waals surface area contributed by atoms with E-state index in [0.29, 0.717) is 42.5 Å². The van der Waals surface area contributed by atoms with E-state index in [1.165, 1.54) is 65.2 Å². The molecule has 0 radical (unpaired) electrons. The predicted molar refractivity (Wildman–Crippen MR) is 292 cm³/mol. The van der Waals surface area contributed by atoms with Crippen molar-refractivity contribution >= 4 is 59.0 Å². The zero-order chi connectivity index (χ0) is 51.8. The highest BCUT2D eigenvalue weighted by atomic mass is 16.5.